The van der Waals surface area contributed by atoms with E-state index in [0.29, 0.717) is 37.3 Å². The van der Waals surface area contributed by atoms with Crippen molar-refractivity contribution in [2.45, 2.75) is 44.2 Å². The van der Waals surface area contributed by atoms with Gasteiger partial charge in [-0.3, -0.25) is 9.59 Å². The maximum Gasteiger partial charge on any atom is 0.243 e. The average molecular weight is 489 g/mol. The highest BCUT2D eigenvalue weighted by atomic mass is 16.3. The van der Waals surface area contributed by atoms with Crippen molar-refractivity contribution >= 4 is 28.3 Å². The molecule has 1 fully saturated rings. The van der Waals surface area contributed by atoms with Crippen LogP contribution in [0.5, 0.6) is 0 Å². The monoisotopic (exact) mass is 488 g/mol. The molecule has 190 valence electrons. The molecule has 0 spiro atoms. The summed E-state index contributed by atoms with van der Waals surface area (Å²) in [5.41, 5.74) is 4.62. The Bertz CT molecular complexity index is 1230. The number of nitrogens with one attached hydrogen (secondary N) is 2. The van der Waals surface area contributed by atoms with Crippen LogP contribution >= 0.6 is 0 Å². The Labute approximate surface area is 212 Å². The summed E-state index contributed by atoms with van der Waals surface area (Å²) >= 11 is 0. The van der Waals surface area contributed by atoms with Gasteiger partial charge in [-0.25, -0.2) is 0 Å². The van der Waals surface area contributed by atoms with E-state index >= 15 is 0 Å². The first kappa shape index (κ1) is 24.5. The van der Waals surface area contributed by atoms with Crippen LogP contribution < -0.4 is 10.2 Å². The van der Waals surface area contributed by atoms with E-state index in [9.17, 15) is 14.7 Å². The van der Waals surface area contributed by atoms with Gasteiger partial charge in [0.15, 0.2) is 5.78 Å². The number of aromatic nitrogens is 1. The summed E-state index contributed by atoms with van der Waals surface area (Å²) < 4.78 is 0. The maximum atomic E-state index is 13.7. The zero-order valence-electron chi connectivity index (χ0n) is 21.2. The van der Waals surface area contributed by atoms with Crippen molar-refractivity contribution in [2.24, 2.45) is 5.92 Å². The van der Waals surface area contributed by atoms with Gasteiger partial charge in [-0.15, -0.1) is 0 Å². The molecule has 1 aliphatic heterocycles. The van der Waals surface area contributed by atoms with Crippen molar-refractivity contribution in [2.75, 3.05) is 38.7 Å². The zero-order valence-corrected chi connectivity index (χ0v) is 21.2. The van der Waals surface area contributed by atoms with Crippen LogP contribution in [0.25, 0.3) is 10.9 Å². The van der Waals surface area contributed by atoms with E-state index in [0.717, 1.165) is 34.3 Å². The number of aliphatic hydroxyl groups is 1. The molecule has 2 aromatic carbocycles. The van der Waals surface area contributed by atoms with Crippen molar-refractivity contribution in [3.05, 3.63) is 65.4 Å². The second kappa shape index (κ2) is 10.4. The van der Waals surface area contributed by atoms with Crippen LogP contribution in [0, 0.1) is 5.92 Å². The quantitative estimate of drug-likeness (QED) is 0.403. The van der Waals surface area contributed by atoms with Gasteiger partial charge in [0.2, 0.25) is 5.91 Å². The van der Waals surface area contributed by atoms with E-state index in [1.807, 2.05) is 55.5 Å². The van der Waals surface area contributed by atoms with Gasteiger partial charge in [0.1, 0.15) is 6.04 Å². The molecule has 1 aliphatic carbocycles. The molecule has 3 N–H and O–H groups in total. The number of aliphatic hydroxyl groups excluding tert-OH is 1. The van der Waals surface area contributed by atoms with E-state index in [1.165, 1.54) is 12.8 Å². The fourth-order valence-corrected chi connectivity index (χ4v) is 5.27. The lowest BCUT2D eigenvalue weighted by atomic mass is 9.97. The van der Waals surface area contributed by atoms with Gasteiger partial charge in [0.25, 0.3) is 0 Å². The van der Waals surface area contributed by atoms with Crippen molar-refractivity contribution in [3.63, 3.8) is 0 Å². The third-order valence-corrected chi connectivity index (χ3v) is 7.43. The molecule has 5 rings (SSSR count). The standard InChI is InChI=1S/C29H36N4O3/c1-32(2)13-12-26(35)23-10-11-24-27-21(16-30-28(23)27)15-22(18-34)31-29(36)25(33(24)17-20-8-9-20)14-19-6-4-3-5-7-19/h3-7,10-11,16,20,22,25,30,34H,8-9,12-15,17-18H2,1-2H3,(H,31,36)/t22-,25-/m0/s1. The Morgan fingerprint density at radius 2 is 1.92 bits per heavy atom. The van der Waals surface area contributed by atoms with E-state index in [1.54, 1.807) is 0 Å². The predicted molar refractivity (Wildman–Crippen MR) is 143 cm³/mol. The smallest absolute Gasteiger partial charge is 0.243 e. The number of benzene rings is 2. The van der Waals surface area contributed by atoms with Crippen LogP contribution in [0.4, 0.5) is 5.69 Å². The number of carbonyl (C=O) groups is 2. The summed E-state index contributed by atoms with van der Waals surface area (Å²) in [4.78, 5) is 34.5. The average Bonchev–Trinajstić information content (AvgIpc) is 3.60. The number of amides is 1. The molecule has 2 aliphatic rings. The number of aromatic amines is 1. The van der Waals surface area contributed by atoms with Crippen LogP contribution in [0.15, 0.2) is 48.7 Å². The van der Waals surface area contributed by atoms with Gasteiger partial charge in [0.05, 0.1) is 18.2 Å². The minimum absolute atomic E-state index is 0.0630. The van der Waals surface area contributed by atoms with E-state index in [4.69, 9.17) is 0 Å². The van der Waals surface area contributed by atoms with Gasteiger partial charge < -0.3 is 25.2 Å². The first-order valence-electron chi connectivity index (χ1n) is 13.0. The molecule has 2 atom stereocenters. The molecule has 0 saturated heterocycles. The number of nitrogens with zero attached hydrogens (tertiary/aromatic N) is 2. The summed E-state index contributed by atoms with van der Waals surface area (Å²) in [6.45, 7) is 1.34. The molecule has 1 saturated carbocycles. The number of carbonyl (C=O) groups excluding carboxylic acids is 2. The Morgan fingerprint density at radius 3 is 2.61 bits per heavy atom. The molecule has 36 heavy (non-hydrogen) atoms. The molecule has 0 radical (unpaired) electrons. The lowest BCUT2D eigenvalue weighted by molar-refractivity contribution is -0.123. The number of anilines is 1. The van der Waals surface area contributed by atoms with Crippen LogP contribution in [0.2, 0.25) is 0 Å². The number of rotatable bonds is 9. The normalized spacial score (nSPS) is 20.2. The third kappa shape index (κ3) is 5.18. The Morgan fingerprint density at radius 1 is 1.14 bits per heavy atom. The largest absolute Gasteiger partial charge is 0.394 e. The van der Waals surface area contributed by atoms with Crippen molar-refractivity contribution in [1.82, 2.24) is 15.2 Å². The number of ketones is 1. The van der Waals surface area contributed by atoms with E-state index in [2.05, 4.69) is 27.3 Å². The minimum Gasteiger partial charge on any atom is -0.394 e. The Kier molecular flexibility index (Phi) is 7.12. The third-order valence-electron chi connectivity index (χ3n) is 7.43. The van der Waals surface area contributed by atoms with Crippen LogP contribution in [0.3, 0.4) is 0 Å². The molecule has 0 bridgehead atoms. The molecule has 1 amide bonds. The summed E-state index contributed by atoms with van der Waals surface area (Å²) in [6, 6.07) is 13.3. The Hall–Kier alpha value is -3.16. The summed E-state index contributed by atoms with van der Waals surface area (Å²) in [5, 5.41) is 14.2. The summed E-state index contributed by atoms with van der Waals surface area (Å²) in [5.74, 6) is 0.599. The molecule has 7 heteroatoms. The zero-order chi connectivity index (χ0) is 25.2. The maximum absolute atomic E-state index is 13.7. The number of hydrogen-bond acceptors (Lipinski definition) is 5. The first-order chi connectivity index (χ1) is 17.4. The lowest BCUT2D eigenvalue weighted by Gasteiger charge is -2.34. The summed E-state index contributed by atoms with van der Waals surface area (Å²) in [6.07, 6.45) is 5.79. The highest BCUT2D eigenvalue weighted by Crippen LogP contribution is 2.39. The number of H-pyrrole nitrogens is 1. The van der Waals surface area contributed by atoms with Gasteiger partial charge >= 0.3 is 0 Å². The second-order valence-electron chi connectivity index (χ2n) is 10.6. The molecule has 7 nitrogen and oxygen atoms in total. The number of Topliss-reactive ketones (excluding diaryl/α,β-unsaturated/α-hetero) is 1. The Balaban J connectivity index is 1.63. The first-order valence-corrected chi connectivity index (χ1v) is 13.0. The molecular weight excluding hydrogens is 452 g/mol. The SMILES string of the molecule is CN(C)CCC(=O)c1ccc2c3c(c[nH]c13)C[C@@H](CO)NC(=O)[C@H](Cc1ccccc1)N2CC1CC1. The summed E-state index contributed by atoms with van der Waals surface area (Å²) in [7, 11) is 3.94. The van der Waals surface area contributed by atoms with Crippen molar-refractivity contribution in [3.8, 4) is 0 Å². The van der Waals surface area contributed by atoms with Crippen LogP contribution in [-0.2, 0) is 17.6 Å². The fourth-order valence-electron chi connectivity index (χ4n) is 5.27. The molecule has 3 aromatic rings. The fraction of sp³-hybridized carbons (Fsp3) is 0.448. The van der Waals surface area contributed by atoms with Gasteiger partial charge in [-0.1, -0.05) is 30.3 Å². The van der Waals surface area contributed by atoms with E-state index in [-0.39, 0.29) is 18.3 Å². The topological polar surface area (TPSA) is 88.7 Å². The van der Waals surface area contributed by atoms with Gasteiger partial charge in [-0.2, -0.15) is 0 Å². The minimum atomic E-state index is -0.415. The molecule has 1 aromatic heterocycles. The van der Waals surface area contributed by atoms with Crippen molar-refractivity contribution in [1.29, 1.82) is 0 Å². The molecule has 0 unspecified atom stereocenters. The van der Waals surface area contributed by atoms with Crippen LogP contribution in [0.1, 0.15) is 40.7 Å². The van der Waals surface area contributed by atoms with Crippen LogP contribution in [-0.4, -0.2) is 72.6 Å². The molecular formula is C29H36N4O3. The lowest BCUT2D eigenvalue weighted by Crippen LogP contribution is -2.52. The van der Waals surface area contributed by atoms with Gasteiger partial charge in [-0.05, 0) is 62.5 Å². The predicted octanol–water partition coefficient (Wildman–Crippen LogP) is 3.16. The van der Waals surface area contributed by atoms with Crippen molar-refractivity contribution < 1.29 is 14.7 Å². The van der Waals surface area contributed by atoms with Gasteiger partial charge in [0, 0.05) is 48.8 Å². The molecule has 2 heterocycles. The van der Waals surface area contributed by atoms with E-state index < -0.39 is 12.1 Å². The highest BCUT2D eigenvalue weighted by Gasteiger charge is 2.36. The second-order valence-corrected chi connectivity index (χ2v) is 10.6. The highest BCUT2D eigenvalue weighted by molar-refractivity contribution is 6.11. The number of hydrogen-bond donors (Lipinski definition) is 3.